The highest BCUT2D eigenvalue weighted by molar-refractivity contribution is 5.69. The molecule has 4 aromatic heterocycles. The van der Waals surface area contributed by atoms with Gasteiger partial charge in [-0.2, -0.15) is 4.39 Å². The van der Waals surface area contributed by atoms with Crippen LogP contribution < -0.4 is 5.32 Å². The summed E-state index contributed by atoms with van der Waals surface area (Å²) in [6.07, 6.45) is 9.71. The Labute approximate surface area is 184 Å². The number of aromatic hydroxyl groups is 1. The molecule has 32 heavy (non-hydrogen) atoms. The first-order chi connectivity index (χ1) is 15.1. The summed E-state index contributed by atoms with van der Waals surface area (Å²) in [5, 5.41) is 17.9. The van der Waals surface area contributed by atoms with Crippen molar-refractivity contribution in [2.75, 3.05) is 0 Å². The summed E-state index contributed by atoms with van der Waals surface area (Å²) in [6, 6.07) is 4.68. The Morgan fingerprint density at radius 3 is 2.56 bits per heavy atom. The third-order valence-electron chi connectivity index (χ3n) is 5.40. The molecule has 5 rings (SSSR count). The van der Waals surface area contributed by atoms with Gasteiger partial charge in [0.15, 0.2) is 0 Å². The van der Waals surface area contributed by atoms with E-state index in [1.807, 2.05) is 12.3 Å². The number of aromatic nitrogens is 6. The van der Waals surface area contributed by atoms with Gasteiger partial charge in [0.1, 0.15) is 17.1 Å². The quantitative estimate of drug-likeness (QED) is 0.511. The maximum Gasteiger partial charge on any atom is 0.234 e. The molecule has 0 fully saturated rings. The van der Waals surface area contributed by atoms with Gasteiger partial charge in [0.05, 0.1) is 17.6 Å². The first-order valence-corrected chi connectivity index (χ1v) is 10.4. The maximum absolute atomic E-state index is 13.2. The van der Waals surface area contributed by atoms with Gasteiger partial charge in [-0.1, -0.05) is 6.08 Å². The van der Waals surface area contributed by atoms with Gasteiger partial charge in [-0.05, 0) is 45.8 Å². The predicted octanol–water partition coefficient (Wildman–Crippen LogP) is 3.76. The molecule has 4 aromatic rings. The van der Waals surface area contributed by atoms with E-state index in [9.17, 15) is 9.50 Å². The third kappa shape index (κ3) is 3.75. The molecule has 5 heterocycles. The number of hydrogen-bond donors (Lipinski definition) is 2. The summed E-state index contributed by atoms with van der Waals surface area (Å²) in [7, 11) is 0. The van der Waals surface area contributed by atoms with Gasteiger partial charge >= 0.3 is 0 Å². The molecule has 0 atom stereocenters. The van der Waals surface area contributed by atoms with Crippen molar-refractivity contribution in [2.24, 2.45) is 0 Å². The summed E-state index contributed by atoms with van der Waals surface area (Å²) >= 11 is 0. The summed E-state index contributed by atoms with van der Waals surface area (Å²) in [5.74, 6) is -0.162. The number of rotatable bonds is 3. The van der Waals surface area contributed by atoms with Crippen LogP contribution in [0.25, 0.3) is 28.4 Å². The highest BCUT2D eigenvalue weighted by Gasteiger charge is 2.33. The van der Waals surface area contributed by atoms with E-state index in [2.05, 4.69) is 54.2 Å². The summed E-state index contributed by atoms with van der Waals surface area (Å²) < 4.78 is 16.3. The summed E-state index contributed by atoms with van der Waals surface area (Å²) in [5.41, 5.74) is 3.12. The second-order valence-corrected chi connectivity index (χ2v) is 9.37. The zero-order valence-corrected chi connectivity index (χ0v) is 18.3. The van der Waals surface area contributed by atoms with Gasteiger partial charge in [0.25, 0.3) is 0 Å². The Bertz CT molecular complexity index is 1370. The lowest BCUT2D eigenvalue weighted by Crippen LogP contribution is -2.53. The van der Waals surface area contributed by atoms with Crippen LogP contribution in [-0.4, -0.2) is 45.3 Å². The van der Waals surface area contributed by atoms with Crippen LogP contribution in [0, 0.1) is 5.95 Å². The van der Waals surface area contributed by atoms with Crippen molar-refractivity contribution in [1.29, 1.82) is 0 Å². The van der Waals surface area contributed by atoms with Gasteiger partial charge in [-0.25, -0.2) is 19.6 Å². The van der Waals surface area contributed by atoms with Crippen molar-refractivity contribution in [2.45, 2.75) is 45.2 Å². The second kappa shape index (κ2) is 6.96. The minimum Gasteiger partial charge on any atom is -0.506 e. The Morgan fingerprint density at radius 2 is 1.88 bits per heavy atom. The van der Waals surface area contributed by atoms with Gasteiger partial charge in [-0.3, -0.25) is 4.40 Å². The van der Waals surface area contributed by atoms with E-state index in [1.165, 1.54) is 34.8 Å². The van der Waals surface area contributed by atoms with E-state index < -0.39 is 5.95 Å². The van der Waals surface area contributed by atoms with Crippen molar-refractivity contribution in [3.63, 3.8) is 0 Å². The highest BCUT2D eigenvalue weighted by atomic mass is 19.1. The van der Waals surface area contributed by atoms with Crippen LogP contribution in [0.1, 0.15) is 39.8 Å². The van der Waals surface area contributed by atoms with Gasteiger partial charge in [0.2, 0.25) is 11.7 Å². The van der Waals surface area contributed by atoms with Crippen molar-refractivity contribution >= 4 is 11.4 Å². The lowest BCUT2D eigenvalue weighted by Gasteiger charge is -2.41. The van der Waals surface area contributed by atoms with E-state index in [0.717, 1.165) is 12.1 Å². The first kappa shape index (κ1) is 20.3. The van der Waals surface area contributed by atoms with E-state index >= 15 is 0 Å². The molecule has 1 aliphatic heterocycles. The molecule has 9 heteroatoms. The fourth-order valence-corrected chi connectivity index (χ4v) is 4.46. The van der Waals surface area contributed by atoms with Crippen LogP contribution in [0.2, 0.25) is 0 Å². The first-order valence-electron chi connectivity index (χ1n) is 10.4. The Balaban J connectivity index is 1.50. The Hall–Kier alpha value is -3.59. The zero-order valence-electron chi connectivity index (χ0n) is 18.3. The van der Waals surface area contributed by atoms with Crippen LogP contribution in [0.5, 0.6) is 5.75 Å². The van der Waals surface area contributed by atoms with Gasteiger partial charge in [-0.15, -0.1) is 5.10 Å². The van der Waals surface area contributed by atoms with E-state index in [1.54, 1.807) is 10.6 Å². The molecule has 0 spiro atoms. The third-order valence-corrected chi connectivity index (χ3v) is 5.40. The van der Waals surface area contributed by atoms with Crippen LogP contribution in [-0.2, 0) is 0 Å². The minimum atomic E-state index is -0.605. The number of nitrogens with one attached hydrogen (secondary N) is 1. The highest BCUT2D eigenvalue weighted by Crippen LogP contribution is 2.33. The maximum atomic E-state index is 13.2. The van der Waals surface area contributed by atoms with Gasteiger partial charge in [0, 0.05) is 41.8 Å². The smallest absolute Gasteiger partial charge is 0.234 e. The standard InChI is InChI=1S/C23H24FN7O/c1-22(2)10-14(11-23(3,4)29-22)16-5-7-30-13-17(27-21(30)26-16)20-18(32)9-15(12-25-20)31-8-6-19(24)28-31/h5-10,12-13,29,32H,11H2,1-4H3. The molecular formula is C23H24FN7O. The van der Waals surface area contributed by atoms with Gasteiger partial charge < -0.3 is 10.4 Å². The monoisotopic (exact) mass is 433 g/mol. The summed E-state index contributed by atoms with van der Waals surface area (Å²) in [4.78, 5) is 13.7. The fourth-order valence-electron chi connectivity index (χ4n) is 4.46. The Kier molecular flexibility index (Phi) is 4.42. The van der Waals surface area contributed by atoms with E-state index in [0.29, 0.717) is 22.9 Å². The number of halogens is 1. The van der Waals surface area contributed by atoms with Crippen molar-refractivity contribution in [3.05, 3.63) is 60.7 Å². The normalized spacial score (nSPS) is 17.5. The van der Waals surface area contributed by atoms with Crippen molar-refractivity contribution in [1.82, 2.24) is 34.4 Å². The lowest BCUT2D eigenvalue weighted by molar-refractivity contribution is 0.297. The average Bonchev–Trinajstić information content (AvgIpc) is 3.30. The molecule has 0 amide bonds. The van der Waals surface area contributed by atoms with E-state index in [-0.39, 0.29) is 16.8 Å². The summed E-state index contributed by atoms with van der Waals surface area (Å²) in [6.45, 7) is 8.67. The van der Waals surface area contributed by atoms with Crippen LogP contribution in [0.4, 0.5) is 4.39 Å². The number of hydrogen-bond acceptors (Lipinski definition) is 6. The molecule has 0 saturated heterocycles. The average molecular weight is 433 g/mol. The topological polar surface area (TPSA) is 93.2 Å². The number of fused-ring (bicyclic) bond motifs is 1. The molecule has 1 aliphatic rings. The van der Waals surface area contributed by atoms with Crippen LogP contribution >= 0.6 is 0 Å². The largest absolute Gasteiger partial charge is 0.506 e. The lowest BCUT2D eigenvalue weighted by atomic mass is 9.82. The van der Waals surface area contributed by atoms with Crippen molar-refractivity contribution in [3.8, 4) is 22.8 Å². The van der Waals surface area contributed by atoms with Crippen LogP contribution in [0.3, 0.4) is 0 Å². The molecule has 0 radical (unpaired) electrons. The molecule has 0 bridgehead atoms. The fraction of sp³-hybridized carbons (Fsp3) is 0.304. The predicted molar refractivity (Wildman–Crippen MR) is 119 cm³/mol. The molecule has 0 unspecified atom stereocenters. The number of imidazole rings is 1. The minimum absolute atomic E-state index is 0.0447. The molecule has 2 N–H and O–H groups in total. The van der Waals surface area contributed by atoms with Crippen molar-refractivity contribution < 1.29 is 9.50 Å². The molecule has 8 nitrogen and oxygen atoms in total. The Morgan fingerprint density at radius 1 is 1.09 bits per heavy atom. The number of nitrogens with zero attached hydrogens (tertiary/aromatic N) is 6. The SMILES string of the molecule is CC1(C)C=C(c2ccn3cc(-c4ncc(-n5ccc(F)n5)cc4O)nc3n2)CC(C)(C)N1. The van der Waals surface area contributed by atoms with Crippen LogP contribution in [0.15, 0.2) is 49.1 Å². The molecule has 0 aromatic carbocycles. The second-order valence-electron chi connectivity index (χ2n) is 9.37. The molecule has 164 valence electrons. The van der Waals surface area contributed by atoms with E-state index in [4.69, 9.17) is 4.98 Å². The molecular weight excluding hydrogens is 409 g/mol. The number of pyridine rings is 1. The molecule has 0 saturated carbocycles. The molecule has 0 aliphatic carbocycles. The zero-order chi connectivity index (χ0) is 22.7.